The maximum atomic E-state index is 12.8. The van der Waals surface area contributed by atoms with Gasteiger partial charge in [0.25, 0.3) is 9.05 Å². The van der Waals surface area contributed by atoms with E-state index in [-0.39, 0.29) is 6.20 Å². The number of halogens is 7. The van der Waals surface area contributed by atoms with E-state index in [9.17, 15) is 44.9 Å². The summed E-state index contributed by atoms with van der Waals surface area (Å²) in [5.41, 5.74) is -2.58. The normalized spacial score (nSPS) is 13.0. The smallest absolute Gasteiger partial charge is 0.396 e. The van der Waals surface area contributed by atoms with Gasteiger partial charge in [-0.1, -0.05) is 0 Å². The lowest BCUT2D eigenvalue weighted by molar-refractivity contribution is -0.393. The van der Waals surface area contributed by atoms with E-state index in [4.69, 9.17) is 0 Å². The molecular weight excluding hydrogens is 374 g/mol. The molecule has 0 aromatic carbocycles. The van der Waals surface area contributed by atoms with Gasteiger partial charge in [0.2, 0.25) is 5.75 Å². The Morgan fingerprint density at radius 1 is 1.23 bits per heavy atom. The van der Waals surface area contributed by atoms with Crippen molar-refractivity contribution in [3.8, 4) is 5.75 Å². The van der Waals surface area contributed by atoms with Crippen LogP contribution in [-0.2, 0) is 15.2 Å². The third-order valence-electron chi connectivity index (χ3n) is 1.92. The summed E-state index contributed by atoms with van der Waals surface area (Å²) >= 11 is 0. The Morgan fingerprint density at radius 3 is 2.05 bits per heavy atom. The fraction of sp³-hybridized carbons (Fsp3) is 0.286. The Labute approximate surface area is 121 Å². The second-order valence-electron chi connectivity index (χ2n) is 3.39. The van der Waals surface area contributed by atoms with Crippen LogP contribution in [0.25, 0.3) is 0 Å². The van der Waals surface area contributed by atoms with Crippen LogP contribution in [0.4, 0.5) is 32.2 Å². The second kappa shape index (κ2) is 5.42. The number of rotatable bonds is 3. The van der Waals surface area contributed by atoms with Crippen molar-refractivity contribution in [3.05, 3.63) is 21.9 Å². The zero-order valence-corrected chi connectivity index (χ0v) is 11.1. The minimum atomic E-state index is -5.78. The summed E-state index contributed by atoms with van der Waals surface area (Å²) in [5, 5.41) is 10.5. The van der Waals surface area contributed by atoms with E-state index < -0.39 is 48.5 Å². The predicted octanol–water partition coefficient (Wildman–Crippen LogP) is 2.83. The molecule has 0 saturated heterocycles. The van der Waals surface area contributed by atoms with Gasteiger partial charge >= 0.3 is 18.4 Å². The number of nitrogens with zero attached hydrogens (tertiary/aromatic N) is 2. The molecule has 0 atom stereocenters. The first-order valence-electron chi connectivity index (χ1n) is 4.59. The lowest BCUT2D eigenvalue weighted by Gasteiger charge is -2.16. The standard InChI is InChI=1S/C7HClF6N2O5S/c8-22(19,20)2-1-15-5(16(17)18)4(21-7(12,13)14)3(2)6(9,10)11/h1H. The molecule has 0 bridgehead atoms. The van der Waals surface area contributed by atoms with Crippen molar-refractivity contribution in [2.45, 2.75) is 17.4 Å². The molecule has 124 valence electrons. The van der Waals surface area contributed by atoms with Gasteiger partial charge in [0.1, 0.15) is 10.5 Å². The minimum absolute atomic E-state index is 0.188. The van der Waals surface area contributed by atoms with Gasteiger partial charge in [-0.05, 0) is 9.91 Å². The van der Waals surface area contributed by atoms with Gasteiger partial charge < -0.3 is 14.9 Å². The molecule has 1 aromatic heterocycles. The van der Waals surface area contributed by atoms with Crippen LogP contribution in [0.3, 0.4) is 0 Å². The fourth-order valence-corrected chi connectivity index (χ4v) is 2.24. The third kappa shape index (κ3) is 4.09. The molecule has 1 rings (SSSR count). The molecule has 15 heteroatoms. The highest BCUT2D eigenvalue weighted by Gasteiger charge is 2.48. The molecule has 0 saturated carbocycles. The van der Waals surface area contributed by atoms with Crippen molar-refractivity contribution in [3.63, 3.8) is 0 Å². The number of hydrogen-bond donors (Lipinski definition) is 0. The molecule has 0 aliphatic rings. The van der Waals surface area contributed by atoms with Gasteiger partial charge in [-0.3, -0.25) is 0 Å². The van der Waals surface area contributed by atoms with Crippen LogP contribution < -0.4 is 4.74 Å². The minimum Gasteiger partial charge on any atom is -0.396 e. The van der Waals surface area contributed by atoms with Crippen molar-refractivity contribution in [1.29, 1.82) is 0 Å². The molecule has 1 aromatic rings. The average molecular weight is 375 g/mol. The predicted molar refractivity (Wildman–Crippen MR) is 55.6 cm³/mol. The molecule has 0 aliphatic carbocycles. The van der Waals surface area contributed by atoms with Crippen LogP contribution in [0.5, 0.6) is 5.75 Å². The average Bonchev–Trinajstić information content (AvgIpc) is 2.22. The summed E-state index contributed by atoms with van der Waals surface area (Å²) in [6.07, 6.45) is -11.7. The highest BCUT2D eigenvalue weighted by Crippen LogP contribution is 2.46. The van der Waals surface area contributed by atoms with Crippen molar-refractivity contribution >= 4 is 25.6 Å². The van der Waals surface area contributed by atoms with Crippen molar-refractivity contribution in [2.75, 3.05) is 0 Å². The van der Waals surface area contributed by atoms with Crippen molar-refractivity contribution in [2.24, 2.45) is 0 Å². The van der Waals surface area contributed by atoms with E-state index in [0.29, 0.717) is 0 Å². The number of aromatic nitrogens is 1. The lowest BCUT2D eigenvalue weighted by Crippen LogP contribution is -2.23. The van der Waals surface area contributed by atoms with E-state index in [0.717, 1.165) is 0 Å². The zero-order chi connectivity index (χ0) is 17.5. The fourth-order valence-electron chi connectivity index (χ4n) is 1.26. The van der Waals surface area contributed by atoms with E-state index in [1.165, 1.54) is 0 Å². The van der Waals surface area contributed by atoms with Crippen molar-refractivity contribution < 1.29 is 44.4 Å². The molecule has 22 heavy (non-hydrogen) atoms. The highest BCUT2D eigenvalue weighted by molar-refractivity contribution is 8.13. The van der Waals surface area contributed by atoms with Gasteiger partial charge in [-0.15, -0.1) is 13.2 Å². The molecule has 0 N–H and O–H groups in total. The Morgan fingerprint density at radius 2 is 1.73 bits per heavy atom. The van der Waals surface area contributed by atoms with Crippen LogP contribution in [-0.4, -0.2) is 24.7 Å². The van der Waals surface area contributed by atoms with Gasteiger partial charge in [0, 0.05) is 10.7 Å². The molecule has 0 spiro atoms. The summed E-state index contributed by atoms with van der Waals surface area (Å²) in [5.74, 6) is -4.40. The van der Waals surface area contributed by atoms with E-state index in [2.05, 4.69) is 20.4 Å². The number of alkyl halides is 6. The van der Waals surface area contributed by atoms with Crippen LogP contribution in [0.2, 0.25) is 0 Å². The van der Waals surface area contributed by atoms with Crippen LogP contribution in [0.15, 0.2) is 11.1 Å². The van der Waals surface area contributed by atoms with E-state index in [1.54, 1.807) is 0 Å². The van der Waals surface area contributed by atoms with Gasteiger partial charge in [-0.25, -0.2) is 8.42 Å². The second-order valence-corrected chi connectivity index (χ2v) is 5.93. The molecule has 0 unspecified atom stereocenters. The monoisotopic (exact) mass is 374 g/mol. The first kappa shape index (κ1) is 18.2. The molecule has 0 aliphatic heterocycles. The summed E-state index contributed by atoms with van der Waals surface area (Å²) in [6, 6.07) is 0. The van der Waals surface area contributed by atoms with Crippen LogP contribution in [0.1, 0.15) is 5.56 Å². The number of ether oxygens (including phenoxy) is 1. The topological polar surface area (TPSA) is 99.4 Å². The maximum Gasteiger partial charge on any atom is 0.573 e. The quantitative estimate of drug-likeness (QED) is 0.349. The summed E-state index contributed by atoms with van der Waals surface area (Å²) in [4.78, 5) is 9.49. The van der Waals surface area contributed by atoms with E-state index in [1.807, 2.05) is 0 Å². The summed E-state index contributed by atoms with van der Waals surface area (Å²) in [6.45, 7) is 0. The number of pyridine rings is 1. The Kier molecular flexibility index (Phi) is 4.49. The molecular formula is C7HClF6N2O5S. The van der Waals surface area contributed by atoms with Gasteiger partial charge in [-0.2, -0.15) is 13.2 Å². The Balaban J connectivity index is 3.91. The largest absolute Gasteiger partial charge is 0.573 e. The third-order valence-corrected chi connectivity index (χ3v) is 3.25. The lowest BCUT2D eigenvalue weighted by atomic mass is 10.2. The highest BCUT2D eigenvalue weighted by atomic mass is 35.7. The molecule has 1 heterocycles. The molecule has 0 radical (unpaired) electrons. The number of nitro groups is 1. The number of hydrogen-bond acceptors (Lipinski definition) is 6. The SMILES string of the molecule is O=[N+]([O-])c1ncc(S(=O)(=O)Cl)c(C(F)(F)F)c1OC(F)(F)F. The molecule has 7 nitrogen and oxygen atoms in total. The van der Waals surface area contributed by atoms with Crippen LogP contribution >= 0.6 is 10.7 Å². The Bertz CT molecular complexity index is 715. The first-order chi connectivity index (χ1) is 9.64. The first-order valence-corrected chi connectivity index (χ1v) is 6.90. The van der Waals surface area contributed by atoms with Crippen molar-refractivity contribution in [1.82, 2.24) is 4.98 Å². The van der Waals surface area contributed by atoms with Gasteiger partial charge in [0.05, 0.1) is 0 Å². The Hall–Kier alpha value is -1.83. The van der Waals surface area contributed by atoms with Gasteiger partial charge in [0.15, 0.2) is 6.20 Å². The summed E-state index contributed by atoms with van der Waals surface area (Å²) < 4.78 is 100.0. The van der Waals surface area contributed by atoms with E-state index >= 15 is 0 Å². The molecule has 0 amide bonds. The molecule has 0 fully saturated rings. The zero-order valence-electron chi connectivity index (χ0n) is 9.57. The maximum absolute atomic E-state index is 12.8. The van der Waals surface area contributed by atoms with Crippen LogP contribution in [0, 0.1) is 10.1 Å². The summed E-state index contributed by atoms with van der Waals surface area (Å²) in [7, 11) is -0.547.